The molecule has 0 aliphatic rings. The number of ether oxygens (including phenoxy) is 3. The van der Waals surface area contributed by atoms with E-state index in [1.807, 2.05) is 6.07 Å². The Labute approximate surface area is 82.4 Å². The fourth-order valence-electron chi connectivity index (χ4n) is 1.10. The van der Waals surface area contributed by atoms with Gasteiger partial charge in [0.25, 0.3) is 6.47 Å². The number of carbonyl (C=O) groups excluding carboxylic acids is 1. The first kappa shape index (κ1) is 10.4. The lowest BCUT2D eigenvalue weighted by Gasteiger charge is -2.08. The van der Waals surface area contributed by atoms with Crippen LogP contribution in [0.5, 0.6) is 11.5 Å². The predicted octanol–water partition coefficient (Wildman–Crippen LogP) is 1.38. The van der Waals surface area contributed by atoms with Crippen molar-refractivity contribution in [3.8, 4) is 11.5 Å². The Balaban J connectivity index is 2.83. The van der Waals surface area contributed by atoms with E-state index in [0.717, 1.165) is 5.56 Å². The number of methoxy groups -OCH3 is 2. The number of rotatable bonds is 5. The maximum Gasteiger partial charge on any atom is 0.293 e. The van der Waals surface area contributed by atoms with Crippen molar-refractivity contribution in [3.05, 3.63) is 23.8 Å². The molecule has 0 saturated carbocycles. The fraction of sp³-hybridized carbons (Fsp3) is 0.300. The Hall–Kier alpha value is -1.71. The van der Waals surface area contributed by atoms with Gasteiger partial charge in [0.05, 0.1) is 14.2 Å². The molecule has 0 fully saturated rings. The molecule has 0 bridgehead atoms. The lowest BCUT2D eigenvalue weighted by atomic mass is 10.2. The zero-order valence-corrected chi connectivity index (χ0v) is 8.15. The van der Waals surface area contributed by atoms with Crippen molar-refractivity contribution >= 4 is 6.47 Å². The first-order valence-electron chi connectivity index (χ1n) is 4.08. The van der Waals surface area contributed by atoms with E-state index in [0.29, 0.717) is 18.0 Å². The van der Waals surface area contributed by atoms with Gasteiger partial charge in [-0.05, 0) is 17.7 Å². The molecule has 0 unspecified atom stereocenters. The Kier molecular flexibility index (Phi) is 3.79. The van der Waals surface area contributed by atoms with Crippen LogP contribution in [-0.4, -0.2) is 20.7 Å². The molecule has 0 amide bonds. The molecule has 0 aliphatic carbocycles. The summed E-state index contributed by atoms with van der Waals surface area (Å²) in [5.74, 6) is 1.28. The van der Waals surface area contributed by atoms with Gasteiger partial charge < -0.3 is 14.2 Å². The Morgan fingerprint density at radius 2 is 1.93 bits per heavy atom. The molecular weight excluding hydrogens is 184 g/mol. The van der Waals surface area contributed by atoms with Gasteiger partial charge in [-0.3, -0.25) is 4.79 Å². The molecule has 4 nitrogen and oxygen atoms in total. The van der Waals surface area contributed by atoms with Crippen LogP contribution in [0.2, 0.25) is 0 Å². The van der Waals surface area contributed by atoms with Crippen LogP contribution in [0.3, 0.4) is 0 Å². The van der Waals surface area contributed by atoms with Gasteiger partial charge >= 0.3 is 0 Å². The Morgan fingerprint density at radius 1 is 1.21 bits per heavy atom. The monoisotopic (exact) mass is 196 g/mol. The van der Waals surface area contributed by atoms with Crippen molar-refractivity contribution in [2.45, 2.75) is 6.61 Å². The smallest absolute Gasteiger partial charge is 0.293 e. The van der Waals surface area contributed by atoms with E-state index in [2.05, 4.69) is 4.74 Å². The highest BCUT2D eigenvalue weighted by molar-refractivity contribution is 5.43. The van der Waals surface area contributed by atoms with Gasteiger partial charge in [-0.1, -0.05) is 6.07 Å². The molecule has 1 aromatic rings. The van der Waals surface area contributed by atoms with Crippen molar-refractivity contribution < 1.29 is 19.0 Å². The van der Waals surface area contributed by atoms with E-state index in [-0.39, 0.29) is 6.61 Å². The van der Waals surface area contributed by atoms with Gasteiger partial charge in [0.1, 0.15) is 6.61 Å². The molecule has 1 rings (SSSR count). The molecule has 14 heavy (non-hydrogen) atoms. The molecule has 0 spiro atoms. The van der Waals surface area contributed by atoms with Gasteiger partial charge in [-0.25, -0.2) is 0 Å². The van der Waals surface area contributed by atoms with Gasteiger partial charge in [0, 0.05) is 0 Å². The largest absolute Gasteiger partial charge is 0.493 e. The molecule has 0 N–H and O–H groups in total. The third-order valence-corrected chi connectivity index (χ3v) is 1.77. The molecular formula is C10H12O4. The molecule has 76 valence electrons. The average molecular weight is 196 g/mol. The standard InChI is InChI=1S/C10H12O4/c1-12-9-4-3-8(6-14-7-11)5-10(9)13-2/h3-5,7H,6H2,1-2H3. The number of hydrogen-bond donors (Lipinski definition) is 0. The fourth-order valence-corrected chi connectivity index (χ4v) is 1.10. The zero-order valence-electron chi connectivity index (χ0n) is 8.15. The third-order valence-electron chi connectivity index (χ3n) is 1.77. The van der Waals surface area contributed by atoms with Crippen LogP contribution < -0.4 is 9.47 Å². The van der Waals surface area contributed by atoms with E-state index in [4.69, 9.17) is 9.47 Å². The Morgan fingerprint density at radius 3 is 2.50 bits per heavy atom. The summed E-state index contributed by atoms with van der Waals surface area (Å²) in [6, 6.07) is 5.34. The van der Waals surface area contributed by atoms with Crippen molar-refractivity contribution in [2.75, 3.05) is 14.2 Å². The second-order valence-electron chi connectivity index (χ2n) is 2.60. The van der Waals surface area contributed by atoms with E-state index in [1.165, 1.54) is 0 Å². The van der Waals surface area contributed by atoms with Crippen LogP contribution >= 0.6 is 0 Å². The van der Waals surface area contributed by atoms with E-state index in [9.17, 15) is 4.79 Å². The van der Waals surface area contributed by atoms with Gasteiger partial charge in [-0.15, -0.1) is 0 Å². The van der Waals surface area contributed by atoms with E-state index in [1.54, 1.807) is 26.4 Å². The van der Waals surface area contributed by atoms with Crippen molar-refractivity contribution in [3.63, 3.8) is 0 Å². The lowest BCUT2D eigenvalue weighted by Crippen LogP contribution is -1.94. The summed E-state index contributed by atoms with van der Waals surface area (Å²) >= 11 is 0. The summed E-state index contributed by atoms with van der Waals surface area (Å²) in [4.78, 5) is 9.98. The molecule has 0 atom stereocenters. The molecule has 0 saturated heterocycles. The van der Waals surface area contributed by atoms with Crippen LogP contribution in [0.4, 0.5) is 0 Å². The second kappa shape index (κ2) is 5.11. The molecule has 4 heteroatoms. The third kappa shape index (κ3) is 2.39. The first-order chi connectivity index (χ1) is 6.81. The van der Waals surface area contributed by atoms with Crippen molar-refractivity contribution in [2.24, 2.45) is 0 Å². The molecule has 0 aliphatic heterocycles. The molecule has 1 aromatic carbocycles. The molecule has 0 aromatic heterocycles. The lowest BCUT2D eigenvalue weighted by molar-refractivity contribution is -0.129. The summed E-state index contributed by atoms with van der Waals surface area (Å²) in [6.07, 6.45) is 0. The second-order valence-corrected chi connectivity index (χ2v) is 2.60. The number of benzene rings is 1. The summed E-state index contributed by atoms with van der Waals surface area (Å²) in [5.41, 5.74) is 0.856. The Bertz CT molecular complexity index is 309. The summed E-state index contributed by atoms with van der Waals surface area (Å²) in [5, 5.41) is 0. The highest BCUT2D eigenvalue weighted by Gasteiger charge is 2.03. The van der Waals surface area contributed by atoms with Crippen LogP contribution in [0.15, 0.2) is 18.2 Å². The van der Waals surface area contributed by atoms with Crippen molar-refractivity contribution in [1.29, 1.82) is 0 Å². The summed E-state index contributed by atoms with van der Waals surface area (Å²) in [7, 11) is 3.13. The normalized spacial score (nSPS) is 9.29. The highest BCUT2D eigenvalue weighted by Crippen LogP contribution is 2.27. The zero-order chi connectivity index (χ0) is 10.4. The van der Waals surface area contributed by atoms with Gasteiger partial charge in [0.15, 0.2) is 11.5 Å². The number of carbonyl (C=O) groups is 1. The topological polar surface area (TPSA) is 44.8 Å². The van der Waals surface area contributed by atoms with Crippen LogP contribution in [0.25, 0.3) is 0 Å². The quantitative estimate of drug-likeness (QED) is 0.667. The van der Waals surface area contributed by atoms with E-state index < -0.39 is 0 Å². The van der Waals surface area contributed by atoms with Crippen molar-refractivity contribution in [1.82, 2.24) is 0 Å². The minimum absolute atomic E-state index is 0.240. The highest BCUT2D eigenvalue weighted by atomic mass is 16.5. The molecule has 0 radical (unpaired) electrons. The SMILES string of the molecule is COc1ccc(COC=O)cc1OC. The number of hydrogen-bond acceptors (Lipinski definition) is 4. The predicted molar refractivity (Wildman–Crippen MR) is 50.4 cm³/mol. The van der Waals surface area contributed by atoms with Crippen LogP contribution in [0.1, 0.15) is 5.56 Å². The maximum atomic E-state index is 9.98. The molecule has 0 heterocycles. The summed E-state index contributed by atoms with van der Waals surface area (Å²) in [6.45, 7) is 0.653. The average Bonchev–Trinajstić information content (AvgIpc) is 2.25. The summed E-state index contributed by atoms with van der Waals surface area (Å²) < 4.78 is 14.8. The van der Waals surface area contributed by atoms with Crippen LogP contribution in [-0.2, 0) is 16.1 Å². The minimum Gasteiger partial charge on any atom is -0.493 e. The van der Waals surface area contributed by atoms with Crippen LogP contribution in [0, 0.1) is 0 Å². The van der Waals surface area contributed by atoms with E-state index >= 15 is 0 Å². The van der Waals surface area contributed by atoms with Gasteiger partial charge in [0.2, 0.25) is 0 Å². The maximum absolute atomic E-state index is 9.98. The first-order valence-corrected chi connectivity index (χ1v) is 4.08. The minimum atomic E-state index is 0.240. The van der Waals surface area contributed by atoms with Gasteiger partial charge in [-0.2, -0.15) is 0 Å².